The van der Waals surface area contributed by atoms with Crippen LogP contribution in [0.4, 0.5) is 10.1 Å². The van der Waals surface area contributed by atoms with Crippen molar-refractivity contribution < 1.29 is 27.1 Å². The maximum absolute atomic E-state index is 13.8. The highest BCUT2D eigenvalue weighted by Gasteiger charge is 2.32. The van der Waals surface area contributed by atoms with Gasteiger partial charge in [-0.15, -0.1) is 0 Å². The number of amides is 2. The number of carbonyl (C=O) groups excluding carboxylic acids is 2. The van der Waals surface area contributed by atoms with Crippen molar-refractivity contribution in [3.05, 3.63) is 59.9 Å². The number of ether oxygens (including phenoxy) is 1. The largest absolute Gasteiger partial charge is 0.497 e. The molecule has 0 aromatic heterocycles. The summed E-state index contributed by atoms with van der Waals surface area (Å²) in [5.74, 6) is -0.913. The number of anilines is 1. The minimum Gasteiger partial charge on any atom is -0.497 e. The first kappa shape index (κ1) is 27.1. The van der Waals surface area contributed by atoms with E-state index in [0.717, 1.165) is 22.2 Å². The molecule has 1 atom stereocenters. The number of hydrogen-bond donors (Lipinski definition) is 1. The molecule has 0 aliphatic rings. The summed E-state index contributed by atoms with van der Waals surface area (Å²) in [5.41, 5.74) is 0.765. The molecule has 2 aromatic rings. The first-order valence-corrected chi connectivity index (χ1v) is 12.8. The van der Waals surface area contributed by atoms with E-state index in [1.807, 2.05) is 13.8 Å². The van der Waals surface area contributed by atoms with Crippen LogP contribution in [0.25, 0.3) is 0 Å². The molecule has 2 rings (SSSR count). The Kier molecular flexibility index (Phi) is 9.43. The second-order valence-electron chi connectivity index (χ2n) is 8.21. The molecule has 0 fully saturated rings. The van der Waals surface area contributed by atoms with E-state index in [-0.39, 0.29) is 24.2 Å². The molecule has 0 saturated heterocycles. The fourth-order valence-corrected chi connectivity index (χ4v) is 4.31. The van der Waals surface area contributed by atoms with E-state index in [0.29, 0.717) is 12.2 Å². The van der Waals surface area contributed by atoms with Gasteiger partial charge in [-0.3, -0.25) is 13.9 Å². The summed E-state index contributed by atoms with van der Waals surface area (Å²) in [6, 6.07) is 11.1. The van der Waals surface area contributed by atoms with Crippen LogP contribution in [0, 0.1) is 5.82 Å². The first-order valence-electron chi connectivity index (χ1n) is 10.9. The molecule has 0 saturated carbocycles. The predicted octanol–water partition coefficient (Wildman–Crippen LogP) is 2.93. The van der Waals surface area contributed by atoms with Crippen molar-refractivity contribution in [3.8, 4) is 5.75 Å². The van der Waals surface area contributed by atoms with Crippen molar-refractivity contribution in [3.63, 3.8) is 0 Å². The number of nitrogens with one attached hydrogen (secondary N) is 1. The third-order valence-electron chi connectivity index (χ3n) is 5.10. The molecule has 0 aliphatic heterocycles. The maximum atomic E-state index is 13.8. The summed E-state index contributed by atoms with van der Waals surface area (Å²) in [5, 5.41) is 2.82. The van der Waals surface area contributed by atoms with Gasteiger partial charge in [-0.05, 0) is 56.2 Å². The number of benzene rings is 2. The summed E-state index contributed by atoms with van der Waals surface area (Å²) in [7, 11) is -2.37. The van der Waals surface area contributed by atoms with Gasteiger partial charge >= 0.3 is 0 Å². The van der Waals surface area contributed by atoms with Gasteiger partial charge in [-0.1, -0.05) is 25.1 Å². The molecular weight excluding hydrogens is 461 g/mol. The van der Waals surface area contributed by atoms with E-state index >= 15 is 0 Å². The molecule has 0 spiro atoms. The van der Waals surface area contributed by atoms with E-state index in [2.05, 4.69) is 5.32 Å². The van der Waals surface area contributed by atoms with Gasteiger partial charge in [0.05, 0.1) is 19.1 Å². The number of nitrogens with zero attached hydrogens (tertiary/aromatic N) is 2. The lowest BCUT2D eigenvalue weighted by Crippen LogP contribution is -2.53. The molecule has 10 heteroatoms. The third-order valence-corrected chi connectivity index (χ3v) is 6.24. The zero-order valence-corrected chi connectivity index (χ0v) is 20.9. The average molecular weight is 494 g/mol. The van der Waals surface area contributed by atoms with Crippen LogP contribution in [-0.2, 0) is 26.2 Å². The van der Waals surface area contributed by atoms with Crippen LogP contribution in [0.5, 0.6) is 5.75 Å². The first-order chi connectivity index (χ1) is 16.0. The van der Waals surface area contributed by atoms with Crippen LogP contribution in [0.2, 0.25) is 0 Å². The van der Waals surface area contributed by atoms with Crippen molar-refractivity contribution in [2.45, 2.75) is 45.8 Å². The molecular formula is C24H32FN3O5S. The fourth-order valence-electron chi connectivity index (χ4n) is 3.47. The Morgan fingerprint density at radius 3 is 2.26 bits per heavy atom. The Hall–Kier alpha value is -3.14. The normalized spacial score (nSPS) is 12.2. The van der Waals surface area contributed by atoms with Crippen molar-refractivity contribution in [2.24, 2.45) is 0 Å². The topological polar surface area (TPSA) is 96.0 Å². The summed E-state index contributed by atoms with van der Waals surface area (Å²) < 4.78 is 44.8. The van der Waals surface area contributed by atoms with E-state index in [1.165, 1.54) is 23.1 Å². The molecule has 0 radical (unpaired) electrons. The molecule has 0 unspecified atom stereocenters. The van der Waals surface area contributed by atoms with Crippen molar-refractivity contribution >= 4 is 27.5 Å². The lowest BCUT2D eigenvalue weighted by atomic mass is 10.1. The third kappa shape index (κ3) is 7.44. The lowest BCUT2D eigenvalue weighted by Gasteiger charge is -2.33. The van der Waals surface area contributed by atoms with E-state index in [4.69, 9.17) is 4.74 Å². The van der Waals surface area contributed by atoms with Crippen LogP contribution < -0.4 is 14.4 Å². The molecule has 8 nitrogen and oxygen atoms in total. The quantitative estimate of drug-likeness (QED) is 0.519. The number of hydrogen-bond acceptors (Lipinski definition) is 5. The van der Waals surface area contributed by atoms with E-state index in [9.17, 15) is 22.4 Å². The summed E-state index contributed by atoms with van der Waals surface area (Å²) in [6.45, 7) is 4.91. The van der Waals surface area contributed by atoms with Gasteiger partial charge in [0, 0.05) is 12.6 Å². The number of rotatable bonds is 11. The number of sulfonamides is 1. The van der Waals surface area contributed by atoms with Crippen LogP contribution in [0.1, 0.15) is 32.8 Å². The van der Waals surface area contributed by atoms with Crippen LogP contribution in [-0.4, -0.2) is 57.1 Å². The standard InChI is InChI=1S/C24H32FN3O5S/c1-6-22(24(30)26-17(2)3)27(15-18-10-12-21(33-4)13-11-18)23(29)16-28(34(5,31)32)20-9-7-8-19(25)14-20/h7-14,17,22H,6,15-16H2,1-5H3,(H,26,30)/t22-/m0/s1. The Morgan fingerprint density at radius 1 is 1.12 bits per heavy atom. The monoisotopic (exact) mass is 493 g/mol. The maximum Gasteiger partial charge on any atom is 0.244 e. The number of carbonyl (C=O) groups is 2. The van der Waals surface area contributed by atoms with Crippen LogP contribution >= 0.6 is 0 Å². The van der Waals surface area contributed by atoms with Gasteiger partial charge in [0.25, 0.3) is 0 Å². The smallest absolute Gasteiger partial charge is 0.244 e. The van der Waals surface area contributed by atoms with Gasteiger partial charge in [-0.2, -0.15) is 0 Å². The Balaban J connectivity index is 2.43. The fraction of sp³-hybridized carbons (Fsp3) is 0.417. The van der Waals surface area contributed by atoms with Gasteiger partial charge in [0.15, 0.2) is 0 Å². The molecule has 2 amide bonds. The molecule has 0 heterocycles. The average Bonchev–Trinajstić information content (AvgIpc) is 2.76. The zero-order valence-electron chi connectivity index (χ0n) is 20.1. The van der Waals surface area contributed by atoms with Crippen LogP contribution in [0.15, 0.2) is 48.5 Å². The Morgan fingerprint density at radius 2 is 1.76 bits per heavy atom. The molecule has 0 aliphatic carbocycles. The number of methoxy groups -OCH3 is 1. The molecule has 0 bridgehead atoms. The second kappa shape index (κ2) is 11.8. The van der Waals surface area contributed by atoms with E-state index < -0.39 is 34.3 Å². The minimum absolute atomic E-state index is 0.0277. The SMILES string of the molecule is CC[C@@H](C(=O)NC(C)C)N(Cc1ccc(OC)cc1)C(=O)CN(c1cccc(F)c1)S(C)(=O)=O. The summed E-state index contributed by atoms with van der Waals surface area (Å²) in [6.07, 6.45) is 1.26. The van der Waals surface area contributed by atoms with E-state index in [1.54, 1.807) is 38.3 Å². The molecule has 2 aromatic carbocycles. The summed E-state index contributed by atoms with van der Waals surface area (Å²) in [4.78, 5) is 27.8. The predicted molar refractivity (Wildman–Crippen MR) is 129 cm³/mol. The second-order valence-corrected chi connectivity index (χ2v) is 10.1. The number of halogens is 1. The van der Waals surface area contributed by atoms with Gasteiger partial charge in [-0.25, -0.2) is 12.8 Å². The highest BCUT2D eigenvalue weighted by molar-refractivity contribution is 7.92. The van der Waals surface area contributed by atoms with Crippen molar-refractivity contribution in [1.82, 2.24) is 10.2 Å². The highest BCUT2D eigenvalue weighted by atomic mass is 32.2. The van der Waals surface area contributed by atoms with Gasteiger partial charge in [0.1, 0.15) is 24.2 Å². The van der Waals surface area contributed by atoms with Crippen molar-refractivity contribution in [2.75, 3.05) is 24.2 Å². The Bertz CT molecular complexity index is 1090. The molecule has 34 heavy (non-hydrogen) atoms. The van der Waals surface area contributed by atoms with Crippen LogP contribution in [0.3, 0.4) is 0 Å². The Labute approximate surface area is 200 Å². The van der Waals surface area contributed by atoms with Gasteiger partial charge < -0.3 is 15.0 Å². The van der Waals surface area contributed by atoms with Crippen molar-refractivity contribution in [1.29, 1.82) is 0 Å². The summed E-state index contributed by atoms with van der Waals surface area (Å²) >= 11 is 0. The van der Waals surface area contributed by atoms with Gasteiger partial charge in [0.2, 0.25) is 21.8 Å². The lowest BCUT2D eigenvalue weighted by molar-refractivity contribution is -0.140. The molecule has 186 valence electrons. The molecule has 1 N–H and O–H groups in total. The minimum atomic E-state index is -3.91. The highest BCUT2D eigenvalue weighted by Crippen LogP contribution is 2.21. The zero-order chi connectivity index (χ0) is 25.5.